The maximum Gasteiger partial charge on any atom is 0.186 e. The second-order valence-corrected chi connectivity index (χ2v) is 7.36. The first-order chi connectivity index (χ1) is 11.7. The van der Waals surface area contributed by atoms with Gasteiger partial charge in [-0.25, -0.2) is 0 Å². The van der Waals surface area contributed by atoms with Crippen molar-refractivity contribution in [1.29, 1.82) is 0 Å². The number of imidazole rings is 1. The van der Waals surface area contributed by atoms with E-state index >= 15 is 0 Å². The number of rotatable bonds is 3. The standard InChI is InChI=1S/C19H25N3OS/c23-16-9-6-12-20(13-16)14-21-17-10-4-5-11-18(17)22(19(21)24)15-7-2-1-3-8-15/h1-3,7-8,16,23H,4-6,9-14H2/t16-/m0/s1. The largest absolute Gasteiger partial charge is 0.392 e. The Balaban J connectivity index is 1.74. The third-order valence-corrected chi connectivity index (χ3v) is 5.67. The van der Waals surface area contributed by atoms with Crippen molar-refractivity contribution in [2.45, 2.75) is 51.3 Å². The molecule has 2 aromatic rings. The van der Waals surface area contributed by atoms with Gasteiger partial charge < -0.3 is 9.67 Å². The number of fused-ring (bicyclic) bond motifs is 1. The van der Waals surface area contributed by atoms with Gasteiger partial charge in [-0.1, -0.05) is 18.2 Å². The molecule has 1 N–H and O–H groups in total. The van der Waals surface area contributed by atoms with Crippen molar-refractivity contribution in [2.75, 3.05) is 13.1 Å². The molecular weight excluding hydrogens is 318 g/mol. The second-order valence-electron chi connectivity index (χ2n) is 7.00. The summed E-state index contributed by atoms with van der Waals surface area (Å²) in [6.45, 7) is 2.61. The normalized spacial score (nSPS) is 21.6. The summed E-state index contributed by atoms with van der Waals surface area (Å²) in [7, 11) is 0. The highest BCUT2D eigenvalue weighted by molar-refractivity contribution is 7.71. The van der Waals surface area contributed by atoms with Crippen molar-refractivity contribution < 1.29 is 5.11 Å². The van der Waals surface area contributed by atoms with E-state index in [1.54, 1.807) is 0 Å². The van der Waals surface area contributed by atoms with E-state index in [9.17, 15) is 5.11 Å². The molecule has 0 amide bonds. The van der Waals surface area contributed by atoms with Crippen LogP contribution in [0.1, 0.15) is 37.1 Å². The van der Waals surface area contributed by atoms with E-state index in [1.165, 1.54) is 24.2 Å². The minimum Gasteiger partial charge on any atom is -0.392 e. The molecule has 0 spiro atoms. The van der Waals surface area contributed by atoms with Gasteiger partial charge in [0, 0.05) is 30.2 Å². The molecule has 1 aliphatic heterocycles. The van der Waals surface area contributed by atoms with Gasteiger partial charge in [0.05, 0.1) is 12.8 Å². The van der Waals surface area contributed by atoms with Crippen molar-refractivity contribution in [3.63, 3.8) is 0 Å². The van der Waals surface area contributed by atoms with Crippen LogP contribution >= 0.6 is 12.2 Å². The van der Waals surface area contributed by atoms with Gasteiger partial charge in [0.2, 0.25) is 0 Å². The van der Waals surface area contributed by atoms with Gasteiger partial charge in [0.25, 0.3) is 0 Å². The Bertz CT molecular complexity index is 765. The van der Waals surface area contributed by atoms with Crippen LogP contribution in [0.25, 0.3) is 5.69 Å². The number of nitrogens with zero attached hydrogens (tertiary/aromatic N) is 3. The van der Waals surface area contributed by atoms with Crippen LogP contribution in [-0.4, -0.2) is 38.3 Å². The third-order valence-electron chi connectivity index (χ3n) is 5.26. The number of para-hydroxylation sites is 1. The monoisotopic (exact) mass is 343 g/mol. The maximum absolute atomic E-state index is 9.97. The number of hydrogen-bond donors (Lipinski definition) is 1. The van der Waals surface area contributed by atoms with Gasteiger partial charge in [-0.15, -0.1) is 0 Å². The first kappa shape index (κ1) is 16.1. The molecular formula is C19H25N3OS. The molecule has 0 radical (unpaired) electrons. The molecule has 5 heteroatoms. The highest BCUT2D eigenvalue weighted by atomic mass is 32.1. The van der Waals surface area contributed by atoms with Crippen LogP contribution in [0.4, 0.5) is 0 Å². The Hall–Kier alpha value is -1.43. The molecule has 2 aliphatic rings. The Morgan fingerprint density at radius 1 is 1.04 bits per heavy atom. The molecule has 1 aromatic carbocycles. The minimum atomic E-state index is -0.194. The maximum atomic E-state index is 9.97. The van der Waals surface area contributed by atoms with E-state index in [0.29, 0.717) is 0 Å². The number of hydrogen-bond acceptors (Lipinski definition) is 3. The topological polar surface area (TPSA) is 33.3 Å². The molecule has 0 bridgehead atoms. The van der Waals surface area contributed by atoms with Gasteiger partial charge >= 0.3 is 0 Å². The number of aliphatic hydroxyl groups is 1. The Morgan fingerprint density at radius 3 is 2.54 bits per heavy atom. The van der Waals surface area contributed by atoms with Crippen LogP contribution in [0.3, 0.4) is 0 Å². The van der Waals surface area contributed by atoms with E-state index in [-0.39, 0.29) is 6.10 Å². The van der Waals surface area contributed by atoms with Crippen LogP contribution in [0, 0.1) is 4.77 Å². The lowest BCUT2D eigenvalue weighted by molar-refractivity contribution is 0.0533. The predicted molar refractivity (Wildman–Crippen MR) is 98.0 cm³/mol. The molecule has 0 unspecified atom stereocenters. The first-order valence-corrected chi connectivity index (χ1v) is 9.44. The Morgan fingerprint density at radius 2 is 1.79 bits per heavy atom. The van der Waals surface area contributed by atoms with Gasteiger partial charge in [-0.2, -0.15) is 0 Å². The minimum absolute atomic E-state index is 0.194. The smallest absolute Gasteiger partial charge is 0.186 e. The zero-order chi connectivity index (χ0) is 16.5. The van der Waals surface area contributed by atoms with Crippen LogP contribution in [0.5, 0.6) is 0 Å². The van der Waals surface area contributed by atoms with E-state index in [2.05, 4.69) is 38.3 Å². The van der Waals surface area contributed by atoms with Crippen LogP contribution in [0.15, 0.2) is 30.3 Å². The molecule has 1 aliphatic carbocycles. The molecule has 24 heavy (non-hydrogen) atoms. The van der Waals surface area contributed by atoms with Crippen molar-refractivity contribution >= 4 is 12.2 Å². The molecule has 4 nitrogen and oxygen atoms in total. The zero-order valence-electron chi connectivity index (χ0n) is 14.0. The number of likely N-dealkylation sites (tertiary alicyclic amines) is 1. The summed E-state index contributed by atoms with van der Waals surface area (Å²) < 4.78 is 5.48. The zero-order valence-corrected chi connectivity index (χ0v) is 14.8. The lowest BCUT2D eigenvalue weighted by Crippen LogP contribution is -2.39. The average Bonchev–Trinajstić information content (AvgIpc) is 2.88. The number of β-amino-alcohol motifs (C(OH)–C–C–N with tert-alkyl or cyclic N) is 1. The number of aliphatic hydroxyl groups excluding tert-OH is 1. The summed E-state index contributed by atoms with van der Waals surface area (Å²) >= 11 is 5.88. The van der Waals surface area contributed by atoms with Gasteiger partial charge in [-0.05, 0) is 62.9 Å². The van der Waals surface area contributed by atoms with E-state index in [1.807, 2.05) is 6.07 Å². The Kier molecular flexibility index (Phi) is 4.57. The highest BCUT2D eigenvalue weighted by Gasteiger charge is 2.24. The highest BCUT2D eigenvalue weighted by Crippen LogP contribution is 2.27. The van der Waals surface area contributed by atoms with Gasteiger partial charge in [0.15, 0.2) is 4.77 Å². The summed E-state index contributed by atoms with van der Waals surface area (Å²) in [6.07, 6.45) is 6.48. The summed E-state index contributed by atoms with van der Waals surface area (Å²) in [5, 5.41) is 9.97. The molecule has 4 rings (SSSR count). The van der Waals surface area contributed by atoms with E-state index < -0.39 is 0 Å². The number of benzene rings is 1. The SMILES string of the molecule is O[C@H]1CCCN(Cn2c3c(n(-c4ccccc4)c2=S)CCCC3)C1. The molecule has 1 fully saturated rings. The molecule has 1 aromatic heterocycles. The van der Waals surface area contributed by atoms with Crippen LogP contribution < -0.4 is 0 Å². The predicted octanol–water partition coefficient (Wildman–Crippen LogP) is 3.30. The Labute approximate surface area is 148 Å². The van der Waals surface area contributed by atoms with Crippen LogP contribution in [-0.2, 0) is 19.5 Å². The molecule has 128 valence electrons. The van der Waals surface area contributed by atoms with E-state index in [4.69, 9.17) is 12.2 Å². The lowest BCUT2D eigenvalue weighted by Gasteiger charge is -2.30. The lowest BCUT2D eigenvalue weighted by atomic mass is 10.0. The number of aromatic nitrogens is 2. The van der Waals surface area contributed by atoms with Crippen molar-refractivity contribution in [2.24, 2.45) is 0 Å². The van der Waals surface area contributed by atoms with E-state index in [0.717, 1.165) is 55.9 Å². The van der Waals surface area contributed by atoms with Crippen molar-refractivity contribution in [1.82, 2.24) is 14.0 Å². The van der Waals surface area contributed by atoms with Gasteiger partial charge in [0.1, 0.15) is 0 Å². The number of piperidine rings is 1. The fourth-order valence-corrected chi connectivity index (χ4v) is 4.49. The quantitative estimate of drug-likeness (QED) is 0.868. The first-order valence-electron chi connectivity index (χ1n) is 9.03. The molecule has 1 atom stereocenters. The molecule has 1 saturated heterocycles. The fourth-order valence-electron chi connectivity index (χ4n) is 4.11. The summed E-state index contributed by atoms with van der Waals surface area (Å²) in [6, 6.07) is 10.5. The van der Waals surface area contributed by atoms with Crippen molar-refractivity contribution in [3.05, 3.63) is 46.5 Å². The molecule has 0 saturated carbocycles. The summed E-state index contributed by atoms with van der Waals surface area (Å²) in [5.74, 6) is 0. The molecule has 2 heterocycles. The van der Waals surface area contributed by atoms with Crippen molar-refractivity contribution in [3.8, 4) is 5.69 Å². The fraction of sp³-hybridized carbons (Fsp3) is 0.526. The second kappa shape index (κ2) is 6.82. The summed E-state index contributed by atoms with van der Waals surface area (Å²) in [4.78, 5) is 2.34. The van der Waals surface area contributed by atoms with Gasteiger partial charge in [-0.3, -0.25) is 9.47 Å². The summed E-state index contributed by atoms with van der Waals surface area (Å²) in [5.41, 5.74) is 3.95. The average molecular weight is 343 g/mol. The third kappa shape index (κ3) is 2.96. The van der Waals surface area contributed by atoms with Crippen LogP contribution in [0.2, 0.25) is 0 Å².